The third-order valence-corrected chi connectivity index (χ3v) is 4.47. The average Bonchev–Trinajstić information content (AvgIpc) is 3.19. The lowest BCUT2D eigenvalue weighted by Gasteiger charge is -2.34. The zero-order valence-corrected chi connectivity index (χ0v) is 18.5. The molecule has 0 radical (unpaired) electrons. The van der Waals surface area contributed by atoms with Crippen LogP contribution in [-0.2, 0) is 16.1 Å². The summed E-state index contributed by atoms with van der Waals surface area (Å²) in [4.78, 5) is 31.2. The molecule has 35 heavy (non-hydrogen) atoms. The van der Waals surface area contributed by atoms with Crippen LogP contribution in [0, 0.1) is 6.92 Å². The summed E-state index contributed by atoms with van der Waals surface area (Å²) in [6.07, 6.45) is -3.54. The number of aryl methyl sites for hydroxylation is 2. The first-order valence-corrected chi connectivity index (χ1v) is 10.0. The molecule has 0 aliphatic carbocycles. The van der Waals surface area contributed by atoms with Crippen LogP contribution in [0.15, 0.2) is 30.7 Å². The molecule has 0 saturated carbocycles. The average molecular weight is 514 g/mol. The van der Waals surface area contributed by atoms with Crippen LogP contribution in [0.4, 0.5) is 32.3 Å². The maximum absolute atomic E-state index is 10.6. The number of hydrogen-bond acceptors (Lipinski definition) is 7. The van der Waals surface area contributed by atoms with Crippen molar-refractivity contribution >= 4 is 17.9 Å². The molecule has 0 atom stereocenters. The Balaban J connectivity index is 0.000000362. The SMILES string of the molecule is Cc1ccnn1CCCN1CCN(c2ncccn2)CC1.O=C(O)C(F)(F)F.O=C(O)C(F)(F)F. The van der Waals surface area contributed by atoms with Crippen LogP contribution < -0.4 is 4.90 Å². The second kappa shape index (κ2) is 13.5. The molecule has 0 unspecified atom stereocenters. The van der Waals surface area contributed by atoms with Gasteiger partial charge in [-0.2, -0.15) is 31.4 Å². The smallest absolute Gasteiger partial charge is 0.475 e. The number of anilines is 1. The third kappa shape index (κ3) is 11.5. The van der Waals surface area contributed by atoms with E-state index in [-0.39, 0.29) is 0 Å². The minimum atomic E-state index is -5.08. The summed E-state index contributed by atoms with van der Waals surface area (Å²) < 4.78 is 65.5. The summed E-state index contributed by atoms with van der Waals surface area (Å²) in [6.45, 7) is 8.40. The number of aliphatic carboxylic acids is 2. The van der Waals surface area contributed by atoms with E-state index in [0.29, 0.717) is 0 Å². The number of carboxylic acid groups (broad SMARTS) is 2. The fourth-order valence-electron chi connectivity index (χ4n) is 2.70. The van der Waals surface area contributed by atoms with E-state index in [9.17, 15) is 26.3 Å². The topological polar surface area (TPSA) is 125 Å². The molecule has 2 N–H and O–H groups in total. The van der Waals surface area contributed by atoms with Crippen LogP contribution in [0.2, 0.25) is 0 Å². The number of carboxylic acids is 2. The molecule has 2 aromatic heterocycles. The maximum Gasteiger partial charge on any atom is 0.490 e. The number of rotatable bonds is 5. The van der Waals surface area contributed by atoms with Crippen LogP contribution in [-0.4, -0.2) is 91.9 Å². The second-order valence-corrected chi connectivity index (χ2v) is 7.03. The van der Waals surface area contributed by atoms with Gasteiger partial charge in [0.2, 0.25) is 5.95 Å². The molecule has 2 aromatic rings. The van der Waals surface area contributed by atoms with E-state index in [0.717, 1.165) is 51.6 Å². The molecule has 3 rings (SSSR count). The molecule has 1 saturated heterocycles. The third-order valence-electron chi connectivity index (χ3n) is 4.47. The van der Waals surface area contributed by atoms with Crippen molar-refractivity contribution in [3.05, 3.63) is 36.4 Å². The number of piperazine rings is 1. The monoisotopic (exact) mass is 514 g/mol. The van der Waals surface area contributed by atoms with Crippen molar-refractivity contribution in [2.24, 2.45) is 0 Å². The first-order chi connectivity index (χ1) is 16.2. The van der Waals surface area contributed by atoms with Gasteiger partial charge in [-0.25, -0.2) is 19.6 Å². The zero-order valence-electron chi connectivity index (χ0n) is 18.5. The highest BCUT2D eigenvalue weighted by atomic mass is 19.4. The number of carbonyl (C=O) groups is 2. The van der Waals surface area contributed by atoms with Gasteiger partial charge in [-0.15, -0.1) is 0 Å². The van der Waals surface area contributed by atoms with Gasteiger partial charge in [0.05, 0.1) is 0 Å². The minimum absolute atomic E-state index is 0.851. The molecular weight excluding hydrogens is 490 g/mol. The van der Waals surface area contributed by atoms with Crippen LogP contribution in [0.25, 0.3) is 0 Å². The molecule has 0 spiro atoms. The Kier molecular flexibility index (Phi) is 11.4. The fourth-order valence-corrected chi connectivity index (χ4v) is 2.70. The van der Waals surface area contributed by atoms with Crippen LogP contribution >= 0.6 is 0 Å². The molecular formula is C19H24F6N6O4. The molecule has 0 bridgehead atoms. The van der Waals surface area contributed by atoms with Gasteiger partial charge in [-0.05, 0) is 25.5 Å². The highest BCUT2D eigenvalue weighted by Gasteiger charge is 2.38. The Hall–Kier alpha value is -3.43. The number of hydrogen-bond donors (Lipinski definition) is 2. The van der Waals surface area contributed by atoms with Gasteiger partial charge >= 0.3 is 24.3 Å². The lowest BCUT2D eigenvalue weighted by Crippen LogP contribution is -2.47. The number of halogens is 6. The molecule has 3 heterocycles. The summed E-state index contributed by atoms with van der Waals surface area (Å²) in [5.41, 5.74) is 1.24. The molecule has 1 aliphatic heterocycles. The zero-order chi connectivity index (χ0) is 26.6. The fraction of sp³-hybridized carbons (Fsp3) is 0.526. The lowest BCUT2D eigenvalue weighted by molar-refractivity contribution is -0.193. The highest BCUT2D eigenvalue weighted by Crippen LogP contribution is 2.14. The number of nitrogens with zero attached hydrogens (tertiary/aromatic N) is 6. The maximum atomic E-state index is 10.6. The first kappa shape index (κ1) is 29.6. The van der Waals surface area contributed by atoms with Gasteiger partial charge in [0, 0.05) is 63.6 Å². The van der Waals surface area contributed by atoms with E-state index >= 15 is 0 Å². The molecule has 0 amide bonds. The minimum Gasteiger partial charge on any atom is -0.475 e. The van der Waals surface area contributed by atoms with Gasteiger partial charge < -0.3 is 15.1 Å². The van der Waals surface area contributed by atoms with Gasteiger partial charge in [0.25, 0.3) is 0 Å². The predicted octanol–water partition coefficient (Wildman–Crippen LogP) is 2.46. The van der Waals surface area contributed by atoms with Crippen LogP contribution in [0.3, 0.4) is 0 Å². The summed E-state index contributed by atoms with van der Waals surface area (Å²) in [5, 5.41) is 18.6. The molecule has 16 heteroatoms. The van der Waals surface area contributed by atoms with Crippen LogP contribution in [0.1, 0.15) is 12.1 Å². The second-order valence-electron chi connectivity index (χ2n) is 7.03. The van der Waals surface area contributed by atoms with Crippen LogP contribution in [0.5, 0.6) is 0 Å². The van der Waals surface area contributed by atoms with Crippen molar-refractivity contribution in [2.45, 2.75) is 32.2 Å². The lowest BCUT2D eigenvalue weighted by atomic mass is 10.3. The Morgan fingerprint density at radius 1 is 0.886 bits per heavy atom. The molecule has 196 valence electrons. The van der Waals surface area contributed by atoms with E-state index in [1.165, 1.54) is 5.69 Å². The Morgan fingerprint density at radius 2 is 1.37 bits per heavy atom. The Bertz CT molecular complexity index is 891. The van der Waals surface area contributed by atoms with E-state index < -0.39 is 24.3 Å². The standard InChI is InChI=1S/C15H22N6.2C2HF3O2/c1-14-4-7-18-21(14)9-3-8-19-10-12-20(13-11-19)15-16-5-2-6-17-15;2*3-2(4,5)1(6)7/h2,4-7H,3,8-13H2,1H3;2*(H,6,7). The normalized spacial score (nSPS) is 14.3. The first-order valence-electron chi connectivity index (χ1n) is 10.0. The summed E-state index contributed by atoms with van der Waals surface area (Å²) in [7, 11) is 0. The van der Waals surface area contributed by atoms with Gasteiger partial charge in [0.15, 0.2) is 0 Å². The molecule has 1 aliphatic rings. The summed E-state index contributed by atoms with van der Waals surface area (Å²) in [6, 6.07) is 3.91. The van der Waals surface area contributed by atoms with Crippen molar-refractivity contribution in [3.8, 4) is 0 Å². The largest absolute Gasteiger partial charge is 0.490 e. The van der Waals surface area contributed by atoms with E-state index in [1.54, 1.807) is 12.4 Å². The van der Waals surface area contributed by atoms with Gasteiger partial charge in [-0.1, -0.05) is 0 Å². The Labute approximate surface area is 195 Å². The number of alkyl halides is 6. The Morgan fingerprint density at radius 3 is 1.77 bits per heavy atom. The van der Waals surface area contributed by atoms with Crippen molar-refractivity contribution in [2.75, 3.05) is 37.6 Å². The molecule has 10 nitrogen and oxygen atoms in total. The van der Waals surface area contributed by atoms with Crippen molar-refractivity contribution < 1.29 is 46.1 Å². The van der Waals surface area contributed by atoms with Crippen molar-refractivity contribution in [1.29, 1.82) is 0 Å². The molecule has 0 aromatic carbocycles. The summed E-state index contributed by atoms with van der Waals surface area (Å²) >= 11 is 0. The molecule has 1 fully saturated rings. The van der Waals surface area contributed by atoms with Gasteiger partial charge in [-0.3, -0.25) is 9.58 Å². The number of aromatic nitrogens is 4. The quantitative estimate of drug-likeness (QED) is 0.579. The van der Waals surface area contributed by atoms with E-state index in [4.69, 9.17) is 19.8 Å². The van der Waals surface area contributed by atoms with E-state index in [2.05, 4.69) is 42.5 Å². The van der Waals surface area contributed by atoms with Gasteiger partial charge in [0.1, 0.15) is 0 Å². The highest BCUT2D eigenvalue weighted by molar-refractivity contribution is 5.73. The summed E-state index contributed by atoms with van der Waals surface area (Å²) in [5.74, 6) is -4.66. The van der Waals surface area contributed by atoms with E-state index in [1.807, 2.05) is 12.3 Å². The van der Waals surface area contributed by atoms with Crippen molar-refractivity contribution in [1.82, 2.24) is 24.6 Å². The van der Waals surface area contributed by atoms with Crippen molar-refractivity contribution in [3.63, 3.8) is 0 Å². The predicted molar refractivity (Wildman–Crippen MR) is 110 cm³/mol.